The van der Waals surface area contributed by atoms with Gasteiger partial charge in [0.25, 0.3) is 0 Å². The smallest absolute Gasteiger partial charge is 0.239 e. The Kier molecular flexibility index (Phi) is 6.63. The molecule has 0 aliphatic heterocycles. The summed E-state index contributed by atoms with van der Waals surface area (Å²) in [5, 5.41) is 0.987. The van der Waals surface area contributed by atoms with Gasteiger partial charge in [0.15, 0.2) is 0 Å². The minimum absolute atomic E-state index is 0.0653. The Morgan fingerprint density at radius 3 is 2.74 bits per heavy atom. The van der Waals surface area contributed by atoms with Crippen LogP contribution in [0.4, 0.5) is 0 Å². The highest BCUT2D eigenvalue weighted by Crippen LogP contribution is 2.26. The second kappa shape index (κ2) is 7.73. The maximum atomic E-state index is 12.1. The van der Waals surface area contributed by atoms with E-state index in [2.05, 4.69) is 6.92 Å². The Morgan fingerprint density at radius 1 is 1.42 bits per heavy atom. The number of likely N-dealkylation sites (N-methyl/N-ethyl adjacent to an activating group) is 1. The maximum absolute atomic E-state index is 12.1. The van der Waals surface area contributed by atoms with Crippen LogP contribution in [0.3, 0.4) is 0 Å². The van der Waals surface area contributed by atoms with Gasteiger partial charge in [0.1, 0.15) is 0 Å². The highest BCUT2D eigenvalue weighted by molar-refractivity contribution is 6.42. The van der Waals surface area contributed by atoms with Crippen molar-refractivity contribution in [2.45, 2.75) is 38.8 Å². The molecule has 3 nitrogen and oxygen atoms in total. The molecule has 0 radical (unpaired) electrons. The molecule has 0 saturated carbocycles. The molecule has 0 spiro atoms. The van der Waals surface area contributed by atoms with Crippen LogP contribution in [0.2, 0.25) is 10.0 Å². The van der Waals surface area contributed by atoms with E-state index in [1.165, 1.54) is 0 Å². The molecule has 0 aliphatic carbocycles. The standard InChI is InChI=1S/C14H20Cl2N2O/c1-3-4-8-12(17)14(19)18(2)9-10-6-5-7-11(15)13(10)16/h5-7,12H,3-4,8-9,17H2,1-2H3. The number of unbranched alkanes of at least 4 members (excludes halogenated alkanes) is 1. The van der Waals surface area contributed by atoms with Crippen molar-refractivity contribution in [3.8, 4) is 0 Å². The van der Waals surface area contributed by atoms with Gasteiger partial charge in [0.2, 0.25) is 5.91 Å². The lowest BCUT2D eigenvalue weighted by molar-refractivity contribution is -0.132. The molecule has 0 saturated heterocycles. The van der Waals surface area contributed by atoms with Gasteiger partial charge >= 0.3 is 0 Å². The summed E-state index contributed by atoms with van der Waals surface area (Å²) in [7, 11) is 1.73. The Morgan fingerprint density at radius 2 is 2.11 bits per heavy atom. The van der Waals surface area contributed by atoms with Crippen LogP contribution in [0.15, 0.2) is 18.2 Å². The van der Waals surface area contributed by atoms with Gasteiger partial charge in [-0.3, -0.25) is 4.79 Å². The molecule has 1 amide bonds. The molecule has 0 aliphatic rings. The van der Waals surface area contributed by atoms with E-state index in [9.17, 15) is 4.79 Å². The monoisotopic (exact) mass is 302 g/mol. The number of benzene rings is 1. The first-order valence-corrected chi connectivity index (χ1v) is 7.16. The average molecular weight is 303 g/mol. The van der Waals surface area contributed by atoms with E-state index >= 15 is 0 Å². The predicted octanol–water partition coefficient (Wildman–Crippen LogP) is 3.47. The third-order valence-corrected chi connectivity index (χ3v) is 3.86. The number of halogens is 2. The highest BCUT2D eigenvalue weighted by Gasteiger charge is 2.18. The quantitative estimate of drug-likeness (QED) is 0.874. The first kappa shape index (κ1) is 16.3. The molecule has 0 heterocycles. The van der Waals surface area contributed by atoms with Gasteiger partial charge in [-0.05, 0) is 18.1 Å². The Bertz CT molecular complexity index is 437. The molecule has 1 atom stereocenters. The third kappa shape index (κ3) is 4.68. The van der Waals surface area contributed by atoms with E-state index in [0.717, 1.165) is 18.4 Å². The number of nitrogens with two attached hydrogens (primary N) is 1. The Hall–Kier alpha value is -0.770. The largest absolute Gasteiger partial charge is 0.340 e. The molecule has 1 aromatic carbocycles. The molecule has 5 heteroatoms. The first-order chi connectivity index (χ1) is 8.97. The average Bonchev–Trinajstić information content (AvgIpc) is 2.40. The zero-order valence-electron chi connectivity index (χ0n) is 11.3. The fourth-order valence-electron chi connectivity index (χ4n) is 1.83. The molecular weight excluding hydrogens is 283 g/mol. The summed E-state index contributed by atoms with van der Waals surface area (Å²) in [6.45, 7) is 2.49. The number of amides is 1. The van der Waals surface area contributed by atoms with Crippen LogP contribution in [0.1, 0.15) is 31.7 Å². The lowest BCUT2D eigenvalue weighted by atomic mass is 10.1. The number of hydrogen-bond donors (Lipinski definition) is 1. The molecule has 1 aromatic rings. The summed E-state index contributed by atoms with van der Waals surface area (Å²) in [6, 6.07) is 4.96. The number of rotatable bonds is 6. The second-order valence-electron chi connectivity index (χ2n) is 4.66. The molecule has 19 heavy (non-hydrogen) atoms. The molecule has 1 unspecified atom stereocenters. The van der Waals surface area contributed by atoms with Gasteiger partial charge in [-0.1, -0.05) is 55.1 Å². The van der Waals surface area contributed by atoms with Gasteiger partial charge in [-0.25, -0.2) is 0 Å². The fraction of sp³-hybridized carbons (Fsp3) is 0.500. The molecule has 0 bridgehead atoms. The van der Waals surface area contributed by atoms with Gasteiger partial charge in [-0.2, -0.15) is 0 Å². The van der Waals surface area contributed by atoms with Crippen LogP contribution in [-0.2, 0) is 11.3 Å². The first-order valence-electron chi connectivity index (χ1n) is 6.40. The summed E-state index contributed by atoms with van der Waals surface area (Å²) in [6.07, 6.45) is 2.70. The summed E-state index contributed by atoms with van der Waals surface area (Å²) in [4.78, 5) is 13.7. The lowest BCUT2D eigenvalue weighted by Crippen LogP contribution is -2.41. The molecule has 0 aromatic heterocycles. The van der Waals surface area contributed by atoms with Crippen LogP contribution in [0, 0.1) is 0 Å². The number of nitrogens with zero attached hydrogens (tertiary/aromatic N) is 1. The van der Waals surface area contributed by atoms with Crippen LogP contribution >= 0.6 is 23.2 Å². The Balaban J connectivity index is 2.66. The lowest BCUT2D eigenvalue weighted by Gasteiger charge is -2.22. The van der Waals surface area contributed by atoms with E-state index in [1.807, 2.05) is 12.1 Å². The van der Waals surface area contributed by atoms with Crippen molar-refractivity contribution in [2.24, 2.45) is 5.73 Å². The minimum Gasteiger partial charge on any atom is -0.340 e. The van der Waals surface area contributed by atoms with E-state index in [0.29, 0.717) is 23.0 Å². The zero-order chi connectivity index (χ0) is 14.4. The van der Waals surface area contributed by atoms with Crippen molar-refractivity contribution in [1.82, 2.24) is 4.90 Å². The van der Waals surface area contributed by atoms with Gasteiger partial charge in [0.05, 0.1) is 16.1 Å². The number of carbonyl (C=O) groups excluding carboxylic acids is 1. The van der Waals surface area contributed by atoms with Crippen molar-refractivity contribution in [2.75, 3.05) is 7.05 Å². The zero-order valence-corrected chi connectivity index (χ0v) is 12.8. The van der Waals surface area contributed by atoms with Crippen molar-refractivity contribution >= 4 is 29.1 Å². The number of hydrogen-bond acceptors (Lipinski definition) is 2. The van der Waals surface area contributed by atoms with Crippen molar-refractivity contribution in [3.63, 3.8) is 0 Å². The van der Waals surface area contributed by atoms with E-state index < -0.39 is 6.04 Å². The minimum atomic E-state index is -0.442. The van der Waals surface area contributed by atoms with E-state index in [4.69, 9.17) is 28.9 Å². The maximum Gasteiger partial charge on any atom is 0.239 e. The molecule has 0 fully saturated rings. The van der Waals surface area contributed by atoms with Gasteiger partial charge < -0.3 is 10.6 Å². The van der Waals surface area contributed by atoms with Crippen LogP contribution in [-0.4, -0.2) is 23.9 Å². The normalized spacial score (nSPS) is 12.3. The van der Waals surface area contributed by atoms with Gasteiger partial charge in [0, 0.05) is 13.6 Å². The number of carbonyl (C=O) groups is 1. The third-order valence-electron chi connectivity index (χ3n) is 3.00. The highest BCUT2D eigenvalue weighted by atomic mass is 35.5. The van der Waals surface area contributed by atoms with E-state index in [1.54, 1.807) is 18.0 Å². The van der Waals surface area contributed by atoms with Gasteiger partial charge in [-0.15, -0.1) is 0 Å². The Labute approximate surface area is 124 Å². The second-order valence-corrected chi connectivity index (χ2v) is 5.44. The van der Waals surface area contributed by atoms with Crippen molar-refractivity contribution < 1.29 is 4.79 Å². The summed E-state index contributed by atoms with van der Waals surface area (Å²) < 4.78 is 0. The topological polar surface area (TPSA) is 46.3 Å². The summed E-state index contributed by atoms with van der Waals surface area (Å²) >= 11 is 12.1. The predicted molar refractivity (Wildman–Crippen MR) is 80.4 cm³/mol. The van der Waals surface area contributed by atoms with Crippen LogP contribution < -0.4 is 5.73 Å². The van der Waals surface area contributed by atoms with Crippen LogP contribution in [0.25, 0.3) is 0 Å². The summed E-state index contributed by atoms with van der Waals surface area (Å²) in [5.41, 5.74) is 6.70. The molecule has 1 rings (SSSR count). The SMILES string of the molecule is CCCCC(N)C(=O)N(C)Cc1cccc(Cl)c1Cl. The molecule has 2 N–H and O–H groups in total. The van der Waals surface area contributed by atoms with Crippen molar-refractivity contribution in [3.05, 3.63) is 33.8 Å². The molecule has 106 valence electrons. The van der Waals surface area contributed by atoms with Crippen molar-refractivity contribution in [1.29, 1.82) is 0 Å². The fourth-order valence-corrected chi connectivity index (χ4v) is 2.21. The molecular formula is C14H20Cl2N2O. The summed E-state index contributed by atoms with van der Waals surface area (Å²) in [5.74, 6) is -0.0653. The van der Waals surface area contributed by atoms with E-state index in [-0.39, 0.29) is 5.91 Å². The van der Waals surface area contributed by atoms with Crippen LogP contribution in [0.5, 0.6) is 0 Å².